The van der Waals surface area contributed by atoms with Crippen LogP contribution >= 0.6 is 0 Å². The Morgan fingerprint density at radius 3 is 2.64 bits per heavy atom. The van der Waals surface area contributed by atoms with Crippen LogP contribution < -0.4 is 5.73 Å². The molecular formula is C8H17NO2. The summed E-state index contributed by atoms with van der Waals surface area (Å²) in [5, 5.41) is 9.39. The first-order valence-electron chi connectivity index (χ1n) is 4.16. The summed E-state index contributed by atoms with van der Waals surface area (Å²) < 4.78 is 5.44. The summed E-state index contributed by atoms with van der Waals surface area (Å²) in [5.74, 6) is 0.470. The van der Waals surface area contributed by atoms with Gasteiger partial charge in [-0.05, 0) is 5.92 Å². The quantitative estimate of drug-likeness (QED) is 0.571. The maximum absolute atomic E-state index is 9.39. The summed E-state index contributed by atoms with van der Waals surface area (Å²) in [7, 11) is 0. The molecule has 0 aromatic heterocycles. The molecule has 3 heteroatoms. The lowest BCUT2D eigenvalue weighted by Gasteiger charge is -2.33. The molecule has 0 unspecified atom stereocenters. The Labute approximate surface area is 67.5 Å². The molecule has 1 saturated heterocycles. The fourth-order valence-corrected chi connectivity index (χ4v) is 1.29. The fraction of sp³-hybridized carbons (Fsp3) is 1.00. The van der Waals surface area contributed by atoms with Crippen LogP contribution in [0.15, 0.2) is 0 Å². The summed E-state index contributed by atoms with van der Waals surface area (Å²) in [5.41, 5.74) is 5.57. The van der Waals surface area contributed by atoms with Crippen molar-refractivity contribution in [2.24, 2.45) is 11.7 Å². The van der Waals surface area contributed by atoms with Crippen LogP contribution in [0.25, 0.3) is 0 Å². The molecule has 0 radical (unpaired) electrons. The van der Waals surface area contributed by atoms with Crippen LogP contribution in [0.4, 0.5) is 0 Å². The zero-order valence-electron chi connectivity index (χ0n) is 7.16. The molecule has 3 N–H and O–H groups in total. The smallest absolute Gasteiger partial charge is 0.0738 e. The van der Waals surface area contributed by atoms with Crippen LogP contribution in [0.3, 0.4) is 0 Å². The van der Waals surface area contributed by atoms with Gasteiger partial charge in [-0.15, -0.1) is 0 Å². The van der Waals surface area contributed by atoms with Gasteiger partial charge in [-0.2, -0.15) is 0 Å². The number of nitrogens with two attached hydrogens (primary N) is 1. The van der Waals surface area contributed by atoms with E-state index in [4.69, 9.17) is 10.5 Å². The van der Waals surface area contributed by atoms with E-state index in [2.05, 4.69) is 13.8 Å². The van der Waals surface area contributed by atoms with Gasteiger partial charge in [0.05, 0.1) is 24.9 Å². The molecule has 0 aromatic rings. The minimum Gasteiger partial charge on any atom is -0.391 e. The van der Waals surface area contributed by atoms with E-state index >= 15 is 0 Å². The Bertz CT molecular complexity index is 127. The molecule has 3 nitrogen and oxygen atoms in total. The van der Waals surface area contributed by atoms with Crippen molar-refractivity contribution >= 4 is 0 Å². The fourth-order valence-electron chi connectivity index (χ4n) is 1.29. The Kier molecular flexibility index (Phi) is 2.87. The average molecular weight is 159 g/mol. The molecule has 1 aliphatic rings. The van der Waals surface area contributed by atoms with E-state index < -0.39 is 0 Å². The molecule has 0 bridgehead atoms. The van der Waals surface area contributed by atoms with Gasteiger partial charge in [0.25, 0.3) is 0 Å². The van der Waals surface area contributed by atoms with Gasteiger partial charge in [0, 0.05) is 6.42 Å². The van der Waals surface area contributed by atoms with Crippen LogP contribution in [-0.4, -0.2) is 30.0 Å². The molecule has 0 spiro atoms. The highest BCUT2D eigenvalue weighted by atomic mass is 16.5. The average Bonchev–Trinajstić information content (AvgIpc) is 1.94. The van der Waals surface area contributed by atoms with Gasteiger partial charge >= 0.3 is 0 Å². The van der Waals surface area contributed by atoms with Gasteiger partial charge < -0.3 is 15.6 Å². The third-order valence-corrected chi connectivity index (χ3v) is 2.21. The number of aliphatic hydroxyl groups is 1. The minimum atomic E-state index is -0.379. The van der Waals surface area contributed by atoms with E-state index in [0.717, 1.165) is 0 Å². The zero-order valence-corrected chi connectivity index (χ0v) is 7.16. The van der Waals surface area contributed by atoms with Crippen LogP contribution in [0, 0.1) is 5.92 Å². The number of ether oxygens (including phenoxy) is 1. The highest BCUT2D eigenvalue weighted by Gasteiger charge is 2.28. The van der Waals surface area contributed by atoms with Crippen molar-refractivity contribution in [1.29, 1.82) is 0 Å². The molecule has 0 aliphatic carbocycles. The molecule has 1 aliphatic heterocycles. The van der Waals surface area contributed by atoms with Gasteiger partial charge in [0.2, 0.25) is 0 Å². The normalized spacial score (nSPS) is 39.5. The molecule has 3 atom stereocenters. The predicted octanol–water partition coefficient (Wildman–Crippen LogP) is 0.120. The molecule has 0 aromatic carbocycles. The standard InChI is InChI=1S/C8H17NO2/c1-5(2)8-3-7(10)6(9)4-11-8/h5-8,10H,3-4,9H2,1-2H3/t6-,7+,8-/m0/s1. The van der Waals surface area contributed by atoms with E-state index in [9.17, 15) is 5.11 Å². The third-order valence-electron chi connectivity index (χ3n) is 2.21. The van der Waals surface area contributed by atoms with Crippen LogP contribution in [0.1, 0.15) is 20.3 Å². The van der Waals surface area contributed by atoms with E-state index in [1.165, 1.54) is 0 Å². The topological polar surface area (TPSA) is 55.5 Å². The molecule has 0 amide bonds. The van der Waals surface area contributed by atoms with Crippen molar-refractivity contribution in [3.63, 3.8) is 0 Å². The number of hydrogen-bond acceptors (Lipinski definition) is 3. The first-order valence-corrected chi connectivity index (χ1v) is 4.16. The van der Waals surface area contributed by atoms with Gasteiger partial charge in [-0.1, -0.05) is 13.8 Å². The van der Waals surface area contributed by atoms with Crippen molar-refractivity contribution in [2.75, 3.05) is 6.61 Å². The third kappa shape index (κ3) is 2.15. The summed E-state index contributed by atoms with van der Waals surface area (Å²) in [6, 6.07) is -0.190. The molecular weight excluding hydrogens is 142 g/mol. The van der Waals surface area contributed by atoms with E-state index in [1.54, 1.807) is 0 Å². The Morgan fingerprint density at radius 2 is 2.18 bits per heavy atom. The lowest BCUT2D eigenvalue weighted by Crippen LogP contribution is -2.47. The van der Waals surface area contributed by atoms with Gasteiger partial charge in [-0.3, -0.25) is 0 Å². The molecule has 11 heavy (non-hydrogen) atoms. The summed E-state index contributed by atoms with van der Waals surface area (Å²) in [6.07, 6.45) is 0.486. The maximum atomic E-state index is 9.39. The van der Waals surface area contributed by atoms with E-state index in [-0.39, 0.29) is 18.2 Å². The summed E-state index contributed by atoms with van der Waals surface area (Å²) >= 11 is 0. The first-order chi connectivity index (χ1) is 5.11. The van der Waals surface area contributed by atoms with Crippen LogP contribution in [0.2, 0.25) is 0 Å². The Balaban J connectivity index is 2.40. The van der Waals surface area contributed by atoms with Crippen molar-refractivity contribution in [3.05, 3.63) is 0 Å². The molecule has 1 heterocycles. The number of aliphatic hydroxyl groups excluding tert-OH is 1. The maximum Gasteiger partial charge on any atom is 0.0738 e. The molecule has 1 fully saturated rings. The number of rotatable bonds is 1. The monoisotopic (exact) mass is 159 g/mol. The second kappa shape index (κ2) is 3.52. The Morgan fingerprint density at radius 1 is 1.55 bits per heavy atom. The van der Waals surface area contributed by atoms with Gasteiger partial charge in [0.1, 0.15) is 0 Å². The van der Waals surface area contributed by atoms with Crippen LogP contribution in [0.5, 0.6) is 0 Å². The second-order valence-corrected chi connectivity index (χ2v) is 3.58. The predicted molar refractivity (Wildman–Crippen MR) is 43.2 cm³/mol. The molecule has 66 valence electrons. The molecule has 1 rings (SSSR count). The van der Waals surface area contributed by atoms with Crippen molar-refractivity contribution in [1.82, 2.24) is 0 Å². The van der Waals surface area contributed by atoms with Crippen molar-refractivity contribution < 1.29 is 9.84 Å². The zero-order chi connectivity index (χ0) is 8.43. The second-order valence-electron chi connectivity index (χ2n) is 3.58. The lowest BCUT2D eigenvalue weighted by atomic mass is 9.95. The molecule has 0 saturated carbocycles. The lowest BCUT2D eigenvalue weighted by molar-refractivity contribution is -0.0746. The van der Waals surface area contributed by atoms with Crippen molar-refractivity contribution in [3.8, 4) is 0 Å². The van der Waals surface area contributed by atoms with E-state index in [1.807, 2.05) is 0 Å². The Hall–Kier alpha value is -0.120. The van der Waals surface area contributed by atoms with Crippen LogP contribution in [-0.2, 0) is 4.74 Å². The number of hydrogen-bond donors (Lipinski definition) is 2. The highest BCUT2D eigenvalue weighted by Crippen LogP contribution is 2.19. The minimum absolute atomic E-state index is 0.185. The highest BCUT2D eigenvalue weighted by molar-refractivity contribution is 4.81. The SMILES string of the molecule is CC(C)[C@@H]1C[C@@H](O)[C@@H](N)CO1. The first kappa shape index (κ1) is 8.97. The van der Waals surface area contributed by atoms with Crippen molar-refractivity contribution in [2.45, 2.75) is 38.5 Å². The largest absolute Gasteiger partial charge is 0.391 e. The summed E-state index contributed by atoms with van der Waals surface area (Å²) in [4.78, 5) is 0. The van der Waals surface area contributed by atoms with Gasteiger partial charge in [-0.25, -0.2) is 0 Å². The van der Waals surface area contributed by atoms with Gasteiger partial charge in [0.15, 0.2) is 0 Å². The summed E-state index contributed by atoms with van der Waals surface area (Å²) in [6.45, 7) is 4.67. The van der Waals surface area contributed by atoms with E-state index in [0.29, 0.717) is 18.9 Å².